The molecular formula is C14H20BrNO. The fourth-order valence-corrected chi connectivity index (χ4v) is 2.69. The minimum absolute atomic E-state index is 0.714. The van der Waals surface area contributed by atoms with E-state index >= 15 is 0 Å². The predicted molar refractivity (Wildman–Crippen MR) is 74.5 cm³/mol. The van der Waals surface area contributed by atoms with Crippen LogP contribution in [0.25, 0.3) is 0 Å². The molecule has 2 rings (SSSR count). The summed E-state index contributed by atoms with van der Waals surface area (Å²) in [5.41, 5.74) is 0. The summed E-state index contributed by atoms with van der Waals surface area (Å²) >= 11 is 3.48. The van der Waals surface area contributed by atoms with Crippen LogP contribution in [0.1, 0.15) is 32.1 Å². The molecule has 0 amide bonds. The fraction of sp³-hybridized carbons (Fsp3) is 0.571. The van der Waals surface area contributed by atoms with Crippen molar-refractivity contribution >= 4 is 15.9 Å². The van der Waals surface area contributed by atoms with Crippen molar-refractivity contribution in [2.45, 2.75) is 38.1 Å². The summed E-state index contributed by atoms with van der Waals surface area (Å²) in [6, 6.07) is 8.70. The molecule has 0 aromatic heterocycles. The lowest BCUT2D eigenvalue weighted by Gasteiger charge is -2.22. The molecule has 0 bridgehead atoms. The number of benzene rings is 1. The van der Waals surface area contributed by atoms with Crippen LogP contribution in [0, 0.1) is 0 Å². The molecule has 0 heterocycles. The minimum atomic E-state index is 0.714. The molecular weight excluding hydrogens is 278 g/mol. The summed E-state index contributed by atoms with van der Waals surface area (Å²) in [6.07, 6.45) is 6.82. The Balaban J connectivity index is 1.64. The van der Waals surface area contributed by atoms with Crippen LogP contribution in [0.2, 0.25) is 0 Å². The number of hydrogen-bond donors (Lipinski definition) is 1. The summed E-state index contributed by atoms with van der Waals surface area (Å²) in [5.74, 6) is 0.929. The van der Waals surface area contributed by atoms with Gasteiger partial charge in [-0.1, -0.05) is 31.4 Å². The maximum Gasteiger partial charge on any atom is 0.133 e. The van der Waals surface area contributed by atoms with Crippen LogP contribution >= 0.6 is 15.9 Å². The lowest BCUT2D eigenvalue weighted by Crippen LogP contribution is -2.34. The number of ether oxygens (including phenoxy) is 1. The van der Waals surface area contributed by atoms with Crippen molar-refractivity contribution in [2.24, 2.45) is 0 Å². The first kappa shape index (κ1) is 12.9. The van der Waals surface area contributed by atoms with E-state index in [0.29, 0.717) is 6.04 Å². The van der Waals surface area contributed by atoms with Gasteiger partial charge in [0.15, 0.2) is 0 Å². The molecule has 94 valence electrons. The second kappa shape index (κ2) is 7.02. The molecule has 1 aliphatic rings. The zero-order chi connectivity index (χ0) is 11.9. The molecule has 0 spiro atoms. The third kappa shape index (κ3) is 4.32. The van der Waals surface area contributed by atoms with Crippen LogP contribution in [0.15, 0.2) is 28.7 Å². The first-order valence-electron chi connectivity index (χ1n) is 6.47. The molecule has 1 aromatic rings. The van der Waals surface area contributed by atoms with Crippen LogP contribution in [0.3, 0.4) is 0 Å². The maximum atomic E-state index is 5.72. The molecule has 0 aliphatic heterocycles. The Morgan fingerprint density at radius 2 is 1.94 bits per heavy atom. The molecule has 17 heavy (non-hydrogen) atoms. The standard InChI is InChI=1S/C14H20BrNO/c15-13-8-4-5-9-14(13)17-11-10-16-12-6-2-1-3-7-12/h4-5,8-9,12,16H,1-3,6-7,10-11H2. The highest BCUT2D eigenvalue weighted by Crippen LogP contribution is 2.23. The van der Waals surface area contributed by atoms with E-state index in [0.717, 1.165) is 23.4 Å². The van der Waals surface area contributed by atoms with Crippen LogP contribution in [-0.4, -0.2) is 19.2 Å². The first-order chi connectivity index (χ1) is 8.36. The first-order valence-corrected chi connectivity index (χ1v) is 7.26. The highest BCUT2D eigenvalue weighted by Gasteiger charge is 2.11. The predicted octanol–water partition coefficient (Wildman–Crippen LogP) is 3.75. The van der Waals surface area contributed by atoms with Gasteiger partial charge in [-0.25, -0.2) is 0 Å². The van der Waals surface area contributed by atoms with E-state index in [2.05, 4.69) is 21.2 Å². The van der Waals surface area contributed by atoms with Crippen molar-refractivity contribution in [1.29, 1.82) is 0 Å². The lowest BCUT2D eigenvalue weighted by molar-refractivity contribution is 0.288. The van der Waals surface area contributed by atoms with Crippen molar-refractivity contribution in [3.8, 4) is 5.75 Å². The van der Waals surface area contributed by atoms with Crippen LogP contribution in [0.5, 0.6) is 5.75 Å². The summed E-state index contributed by atoms with van der Waals surface area (Å²) in [5, 5.41) is 3.57. The van der Waals surface area contributed by atoms with Gasteiger partial charge in [0.25, 0.3) is 0 Å². The van der Waals surface area contributed by atoms with Gasteiger partial charge in [-0.15, -0.1) is 0 Å². The molecule has 0 radical (unpaired) electrons. The number of halogens is 1. The Morgan fingerprint density at radius 1 is 1.18 bits per heavy atom. The molecule has 1 N–H and O–H groups in total. The maximum absolute atomic E-state index is 5.72. The van der Waals surface area contributed by atoms with Gasteiger partial charge in [0.1, 0.15) is 12.4 Å². The summed E-state index contributed by atoms with van der Waals surface area (Å²) < 4.78 is 6.74. The number of hydrogen-bond acceptors (Lipinski definition) is 2. The molecule has 2 nitrogen and oxygen atoms in total. The third-order valence-corrected chi connectivity index (χ3v) is 3.89. The zero-order valence-electron chi connectivity index (χ0n) is 10.1. The van der Waals surface area contributed by atoms with Crippen LogP contribution in [0.4, 0.5) is 0 Å². The summed E-state index contributed by atoms with van der Waals surface area (Å²) in [4.78, 5) is 0. The molecule has 1 aliphatic carbocycles. The van der Waals surface area contributed by atoms with Gasteiger partial charge in [0, 0.05) is 12.6 Å². The van der Waals surface area contributed by atoms with Gasteiger partial charge in [0.05, 0.1) is 4.47 Å². The fourth-order valence-electron chi connectivity index (χ4n) is 2.29. The Labute approximate surface area is 112 Å². The van der Waals surface area contributed by atoms with E-state index < -0.39 is 0 Å². The number of para-hydroxylation sites is 1. The largest absolute Gasteiger partial charge is 0.491 e. The van der Waals surface area contributed by atoms with Crippen LogP contribution < -0.4 is 10.1 Å². The van der Waals surface area contributed by atoms with E-state index in [1.807, 2.05) is 24.3 Å². The van der Waals surface area contributed by atoms with Crippen molar-refractivity contribution in [3.63, 3.8) is 0 Å². The Kier molecular flexibility index (Phi) is 5.33. The monoisotopic (exact) mass is 297 g/mol. The average Bonchev–Trinajstić information content (AvgIpc) is 2.38. The van der Waals surface area contributed by atoms with Gasteiger partial charge >= 0.3 is 0 Å². The number of rotatable bonds is 5. The SMILES string of the molecule is Brc1ccccc1OCCNC1CCCCC1. The van der Waals surface area contributed by atoms with Gasteiger partial charge in [-0.3, -0.25) is 0 Å². The van der Waals surface area contributed by atoms with Crippen molar-refractivity contribution in [3.05, 3.63) is 28.7 Å². The molecule has 1 saturated carbocycles. The van der Waals surface area contributed by atoms with E-state index in [9.17, 15) is 0 Å². The summed E-state index contributed by atoms with van der Waals surface area (Å²) in [7, 11) is 0. The Hall–Kier alpha value is -0.540. The van der Waals surface area contributed by atoms with Crippen molar-refractivity contribution in [2.75, 3.05) is 13.2 Å². The molecule has 0 atom stereocenters. The lowest BCUT2D eigenvalue weighted by atomic mass is 9.96. The van der Waals surface area contributed by atoms with E-state index in [4.69, 9.17) is 4.74 Å². The van der Waals surface area contributed by atoms with Gasteiger partial charge in [-0.2, -0.15) is 0 Å². The number of nitrogens with one attached hydrogen (secondary N) is 1. The normalized spacial score (nSPS) is 17.0. The molecule has 0 saturated heterocycles. The second-order valence-corrected chi connectivity index (χ2v) is 5.42. The third-order valence-electron chi connectivity index (χ3n) is 3.23. The van der Waals surface area contributed by atoms with Gasteiger partial charge in [-0.05, 0) is 40.9 Å². The summed E-state index contributed by atoms with van der Waals surface area (Å²) in [6.45, 7) is 1.67. The van der Waals surface area contributed by atoms with Crippen molar-refractivity contribution < 1.29 is 4.74 Å². The second-order valence-electron chi connectivity index (χ2n) is 4.57. The topological polar surface area (TPSA) is 21.3 Å². The van der Waals surface area contributed by atoms with Crippen molar-refractivity contribution in [1.82, 2.24) is 5.32 Å². The Bertz CT molecular complexity index is 337. The zero-order valence-corrected chi connectivity index (χ0v) is 11.7. The quantitative estimate of drug-likeness (QED) is 0.836. The smallest absolute Gasteiger partial charge is 0.133 e. The average molecular weight is 298 g/mol. The highest BCUT2D eigenvalue weighted by atomic mass is 79.9. The molecule has 0 unspecified atom stereocenters. The van der Waals surface area contributed by atoms with Gasteiger partial charge < -0.3 is 10.1 Å². The Morgan fingerprint density at radius 3 is 2.71 bits per heavy atom. The van der Waals surface area contributed by atoms with E-state index in [1.54, 1.807) is 0 Å². The molecule has 3 heteroatoms. The van der Waals surface area contributed by atoms with Crippen LogP contribution in [-0.2, 0) is 0 Å². The molecule has 1 aromatic carbocycles. The van der Waals surface area contributed by atoms with E-state index in [1.165, 1.54) is 32.1 Å². The van der Waals surface area contributed by atoms with E-state index in [-0.39, 0.29) is 0 Å². The molecule has 1 fully saturated rings. The van der Waals surface area contributed by atoms with Gasteiger partial charge in [0.2, 0.25) is 0 Å². The minimum Gasteiger partial charge on any atom is -0.491 e. The highest BCUT2D eigenvalue weighted by molar-refractivity contribution is 9.10.